The van der Waals surface area contributed by atoms with Crippen LogP contribution in [0.2, 0.25) is 5.02 Å². The molecule has 1 fully saturated rings. The van der Waals surface area contributed by atoms with Crippen molar-refractivity contribution >= 4 is 22.5 Å². The first-order valence-corrected chi connectivity index (χ1v) is 6.60. The van der Waals surface area contributed by atoms with Gasteiger partial charge < -0.3 is 10.7 Å². The number of nitrogens with two attached hydrogens (primary N) is 1. The van der Waals surface area contributed by atoms with Crippen LogP contribution in [0.25, 0.3) is 10.9 Å². The monoisotopic (exact) mass is 248 g/mol. The molecule has 0 atom stereocenters. The molecule has 2 aromatic rings. The van der Waals surface area contributed by atoms with Crippen molar-refractivity contribution in [2.24, 2.45) is 5.73 Å². The van der Waals surface area contributed by atoms with Gasteiger partial charge in [0.25, 0.3) is 0 Å². The maximum absolute atomic E-state index is 6.34. The summed E-state index contributed by atoms with van der Waals surface area (Å²) in [5.41, 5.74) is 8.59. The van der Waals surface area contributed by atoms with Crippen molar-refractivity contribution in [3.63, 3.8) is 0 Å². The third-order valence-electron chi connectivity index (χ3n) is 4.18. The van der Waals surface area contributed by atoms with Crippen LogP contribution in [-0.2, 0) is 5.41 Å². The van der Waals surface area contributed by atoms with Crippen molar-refractivity contribution in [2.45, 2.75) is 31.1 Å². The molecule has 1 aromatic heterocycles. The molecule has 0 amide bonds. The van der Waals surface area contributed by atoms with Crippen LogP contribution in [0.5, 0.6) is 0 Å². The standard InChI is InChI=1S/C14H17ClN2/c15-12-7-10(8-13-11(12)3-6-17-13)14(9-16)4-1-2-5-14/h3,6-8,17H,1-2,4-5,9,16H2. The van der Waals surface area contributed by atoms with Gasteiger partial charge in [0.15, 0.2) is 0 Å². The Hall–Kier alpha value is -0.990. The van der Waals surface area contributed by atoms with E-state index < -0.39 is 0 Å². The Labute approximate surface area is 106 Å². The molecule has 1 aliphatic carbocycles. The first-order chi connectivity index (χ1) is 8.25. The summed E-state index contributed by atoms with van der Waals surface area (Å²) in [5, 5.41) is 1.93. The van der Waals surface area contributed by atoms with E-state index in [1.54, 1.807) is 0 Å². The third-order valence-corrected chi connectivity index (χ3v) is 4.49. The van der Waals surface area contributed by atoms with Gasteiger partial charge in [0.2, 0.25) is 0 Å². The van der Waals surface area contributed by atoms with Crippen molar-refractivity contribution < 1.29 is 0 Å². The van der Waals surface area contributed by atoms with Gasteiger partial charge in [-0.15, -0.1) is 0 Å². The van der Waals surface area contributed by atoms with Crippen molar-refractivity contribution in [2.75, 3.05) is 6.54 Å². The van der Waals surface area contributed by atoms with Crippen molar-refractivity contribution in [1.82, 2.24) is 4.98 Å². The van der Waals surface area contributed by atoms with E-state index in [9.17, 15) is 0 Å². The minimum absolute atomic E-state index is 0.156. The van der Waals surface area contributed by atoms with E-state index >= 15 is 0 Å². The summed E-state index contributed by atoms with van der Waals surface area (Å²) in [6.45, 7) is 0.718. The Bertz CT molecular complexity index is 538. The predicted octanol–water partition coefficient (Wildman–Crippen LogP) is 3.59. The molecule has 90 valence electrons. The summed E-state index contributed by atoms with van der Waals surface area (Å²) in [4.78, 5) is 3.24. The van der Waals surface area contributed by atoms with Crippen LogP contribution < -0.4 is 5.73 Å². The molecule has 3 N–H and O–H groups in total. The number of hydrogen-bond acceptors (Lipinski definition) is 1. The number of rotatable bonds is 2. The number of hydrogen-bond donors (Lipinski definition) is 2. The third kappa shape index (κ3) is 1.67. The van der Waals surface area contributed by atoms with Crippen LogP contribution in [0.1, 0.15) is 31.2 Å². The van der Waals surface area contributed by atoms with E-state index in [-0.39, 0.29) is 5.41 Å². The van der Waals surface area contributed by atoms with E-state index in [0.29, 0.717) is 0 Å². The number of nitrogens with one attached hydrogen (secondary N) is 1. The average Bonchev–Trinajstić information content (AvgIpc) is 2.98. The molecule has 0 aliphatic heterocycles. The summed E-state index contributed by atoms with van der Waals surface area (Å²) in [5.74, 6) is 0. The Morgan fingerprint density at radius 3 is 2.76 bits per heavy atom. The Kier molecular flexibility index (Phi) is 2.64. The van der Waals surface area contributed by atoms with E-state index in [2.05, 4.69) is 17.1 Å². The van der Waals surface area contributed by atoms with Gasteiger partial charge in [-0.1, -0.05) is 24.4 Å². The molecule has 1 heterocycles. The normalized spacial score (nSPS) is 18.9. The lowest BCUT2D eigenvalue weighted by Crippen LogP contribution is -2.31. The zero-order valence-corrected chi connectivity index (χ0v) is 10.6. The summed E-state index contributed by atoms with van der Waals surface area (Å²) in [6, 6.07) is 6.35. The smallest absolute Gasteiger partial charge is 0.0502 e. The number of aromatic amines is 1. The van der Waals surface area contributed by atoms with Crippen LogP contribution in [0.4, 0.5) is 0 Å². The number of halogens is 1. The quantitative estimate of drug-likeness (QED) is 0.838. The molecule has 3 rings (SSSR count). The molecule has 0 bridgehead atoms. The number of benzene rings is 1. The first-order valence-electron chi connectivity index (χ1n) is 6.22. The van der Waals surface area contributed by atoms with E-state index in [0.717, 1.165) is 22.5 Å². The van der Waals surface area contributed by atoms with Gasteiger partial charge in [-0.2, -0.15) is 0 Å². The highest BCUT2D eigenvalue weighted by molar-refractivity contribution is 6.35. The Balaban J connectivity index is 2.16. The average molecular weight is 249 g/mol. The fraction of sp³-hybridized carbons (Fsp3) is 0.429. The molecule has 0 saturated heterocycles. The van der Waals surface area contributed by atoms with E-state index in [4.69, 9.17) is 17.3 Å². The lowest BCUT2D eigenvalue weighted by Gasteiger charge is -2.28. The minimum atomic E-state index is 0.156. The zero-order chi connectivity index (χ0) is 11.9. The summed E-state index contributed by atoms with van der Waals surface area (Å²) >= 11 is 6.34. The molecule has 1 aromatic carbocycles. The molecule has 1 saturated carbocycles. The van der Waals surface area contributed by atoms with Gasteiger partial charge in [-0.3, -0.25) is 0 Å². The maximum atomic E-state index is 6.34. The molecular formula is C14H17ClN2. The highest BCUT2D eigenvalue weighted by Crippen LogP contribution is 2.42. The van der Waals surface area contributed by atoms with Gasteiger partial charge in [-0.05, 0) is 36.6 Å². The lowest BCUT2D eigenvalue weighted by molar-refractivity contribution is 0.453. The lowest BCUT2D eigenvalue weighted by atomic mass is 9.79. The summed E-state index contributed by atoms with van der Waals surface area (Å²) in [6.07, 6.45) is 6.86. The number of aromatic nitrogens is 1. The van der Waals surface area contributed by atoms with E-state index in [1.165, 1.54) is 31.2 Å². The van der Waals surface area contributed by atoms with Crippen LogP contribution in [0, 0.1) is 0 Å². The maximum Gasteiger partial charge on any atom is 0.0502 e. The molecule has 0 unspecified atom stereocenters. The van der Waals surface area contributed by atoms with Crippen LogP contribution in [0.3, 0.4) is 0 Å². The largest absolute Gasteiger partial charge is 0.361 e. The van der Waals surface area contributed by atoms with E-state index in [1.807, 2.05) is 12.3 Å². The second kappa shape index (κ2) is 4.04. The van der Waals surface area contributed by atoms with Crippen LogP contribution in [-0.4, -0.2) is 11.5 Å². The molecule has 17 heavy (non-hydrogen) atoms. The Morgan fingerprint density at radius 2 is 2.06 bits per heavy atom. The molecule has 0 spiro atoms. The van der Waals surface area contributed by atoms with Gasteiger partial charge in [0.05, 0.1) is 5.02 Å². The molecule has 2 nitrogen and oxygen atoms in total. The van der Waals surface area contributed by atoms with Gasteiger partial charge in [0.1, 0.15) is 0 Å². The second-order valence-electron chi connectivity index (χ2n) is 5.09. The summed E-state index contributed by atoms with van der Waals surface area (Å²) in [7, 11) is 0. The predicted molar refractivity (Wildman–Crippen MR) is 72.5 cm³/mol. The fourth-order valence-electron chi connectivity index (χ4n) is 3.09. The highest BCUT2D eigenvalue weighted by atomic mass is 35.5. The first kappa shape index (κ1) is 11.1. The highest BCUT2D eigenvalue weighted by Gasteiger charge is 2.34. The fourth-order valence-corrected chi connectivity index (χ4v) is 3.37. The SMILES string of the molecule is NCC1(c2cc(Cl)c3cc[nH]c3c2)CCCC1. The molecule has 3 heteroatoms. The van der Waals surface area contributed by atoms with Gasteiger partial charge >= 0.3 is 0 Å². The van der Waals surface area contributed by atoms with Gasteiger partial charge in [0, 0.05) is 29.1 Å². The van der Waals surface area contributed by atoms with Gasteiger partial charge in [-0.25, -0.2) is 0 Å². The van der Waals surface area contributed by atoms with Crippen LogP contribution >= 0.6 is 11.6 Å². The van der Waals surface area contributed by atoms with Crippen molar-refractivity contribution in [3.05, 3.63) is 35.0 Å². The van der Waals surface area contributed by atoms with Crippen molar-refractivity contribution in [3.8, 4) is 0 Å². The number of H-pyrrole nitrogens is 1. The second-order valence-corrected chi connectivity index (χ2v) is 5.50. The minimum Gasteiger partial charge on any atom is -0.361 e. The number of fused-ring (bicyclic) bond motifs is 1. The summed E-state index contributed by atoms with van der Waals surface area (Å²) < 4.78 is 0. The zero-order valence-electron chi connectivity index (χ0n) is 9.80. The molecular weight excluding hydrogens is 232 g/mol. The topological polar surface area (TPSA) is 41.8 Å². The molecule has 0 radical (unpaired) electrons. The molecule has 1 aliphatic rings. The Morgan fingerprint density at radius 1 is 1.29 bits per heavy atom. The van der Waals surface area contributed by atoms with Crippen LogP contribution in [0.15, 0.2) is 24.4 Å². The van der Waals surface area contributed by atoms with Crippen molar-refractivity contribution in [1.29, 1.82) is 0 Å².